The fraction of sp³-hybridized carbons (Fsp3) is 0.350. The molecule has 0 saturated heterocycles. The number of amides is 1. The van der Waals surface area contributed by atoms with Crippen molar-refractivity contribution in [3.8, 4) is 5.75 Å². The van der Waals surface area contributed by atoms with Crippen molar-refractivity contribution >= 4 is 5.91 Å². The van der Waals surface area contributed by atoms with Gasteiger partial charge in [-0.25, -0.2) is 0 Å². The van der Waals surface area contributed by atoms with Crippen LogP contribution in [-0.2, 0) is 4.79 Å². The molecule has 24 heavy (non-hydrogen) atoms. The van der Waals surface area contributed by atoms with Gasteiger partial charge in [0, 0.05) is 6.54 Å². The van der Waals surface area contributed by atoms with Crippen LogP contribution in [0.1, 0.15) is 23.6 Å². The molecule has 2 aromatic carbocycles. The van der Waals surface area contributed by atoms with E-state index in [4.69, 9.17) is 4.74 Å². The molecule has 4 heteroatoms. The van der Waals surface area contributed by atoms with Crippen LogP contribution in [0.15, 0.2) is 54.6 Å². The molecule has 128 valence electrons. The van der Waals surface area contributed by atoms with Crippen LogP contribution in [0.5, 0.6) is 5.75 Å². The van der Waals surface area contributed by atoms with Crippen molar-refractivity contribution in [3.63, 3.8) is 0 Å². The fourth-order valence-corrected chi connectivity index (χ4v) is 2.54. The second-order valence-corrected chi connectivity index (χ2v) is 6.11. The minimum Gasteiger partial charge on any atom is -0.493 e. The lowest BCUT2D eigenvalue weighted by Gasteiger charge is -2.25. The van der Waals surface area contributed by atoms with E-state index in [2.05, 4.69) is 22.3 Å². The van der Waals surface area contributed by atoms with E-state index in [1.165, 1.54) is 5.56 Å². The second-order valence-electron chi connectivity index (χ2n) is 6.11. The summed E-state index contributed by atoms with van der Waals surface area (Å²) in [4.78, 5) is 14.2. The standard InChI is InChI=1S/C20H26N2O2/c1-16-8-7-11-18(14-16)24-13-12-20(23)21-15-19(22(2)3)17-9-5-4-6-10-17/h4-11,14,19H,12-13,15H2,1-3H3,(H,21,23)/t19-/m1/s1. The lowest BCUT2D eigenvalue weighted by atomic mass is 10.1. The Morgan fingerprint density at radius 1 is 1.12 bits per heavy atom. The van der Waals surface area contributed by atoms with Gasteiger partial charge >= 0.3 is 0 Å². The minimum atomic E-state index is 0.00503. The normalized spacial score (nSPS) is 12.0. The monoisotopic (exact) mass is 326 g/mol. The van der Waals surface area contributed by atoms with E-state index >= 15 is 0 Å². The van der Waals surface area contributed by atoms with Crippen molar-refractivity contribution in [2.24, 2.45) is 0 Å². The average molecular weight is 326 g/mol. The largest absolute Gasteiger partial charge is 0.493 e. The molecule has 0 spiro atoms. The third-order valence-corrected chi connectivity index (χ3v) is 3.89. The van der Waals surface area contributed by atoms with Crippen molar-refractivity contribution in [2.45, 2.75) is 19.4 Å². The lowest BCUT2D eigenvalue weighted by molar-refractivity contribution is -0.121. The van der Waals surface area contributed by atoms with Crippen molar-refractivity contribution in [3.05, 3.63) is 65.7 Å². The third-order valence-electron chi connectivity index (χ3n) is 3.89. The number of carbonyl (C=O) groups excluding carboxylic acids is 1. The summed E-state index contributed by atoms with van der Waals surface area (Å²) in [5.74, 6) is 0.809. The number of nitrogens with one attached hydrogen (secondary N) is 1. The maximum Gasteiger partial charge on any atom is 0.223 e. The van der Waals surface area contributed by atoms with Gasteiger partial charge in [-0.3, -0.25) is 4.79 Å². The highest BCUT2D eigenvalue weighted by Gasteiger charge is 2.14. The van der Waals surface area contributed by atoms with E-state index in [1.54, 1.807) is 0 Å². The highest BCUT2D eigenvalue weighted by atomic mass is 16.5. The van der Waals surface area contributed by atoms with Crippen molar-refractivity contribution in [2.75, 3.05) is 27.2 Å². The topological polar surface area (TPSA) is 41.6 Å². The van der Waals surface area contributed by atoms with Crippen LogP contribution in [0.4, 0.5) is 0 Å². The van der Waals surface area contributed by atoms with Crippen molar-refractivity contribution in [1.29, 1.82) is 0 Å². The molecule has 1 N–H and O–H groups in total. The first kappa shape index (κ1) is 18.0. The van der Waals surface area contributed by atoms with Gasteiger partial charge in [0.05, 0.1) is 19.1 Å². The van der Waals surface area contributed by atoms with Gasteiger partial charge in [-0.2, -0.15) is 0 Å². The summed E-state index contributed by atoms with van der Waals surface area (Å²) >= 11 is 0. The molecule has 0 bridgehead atoms. The van der Waals surface area contributed by atoms with E-state index in [9.17, 15) is 4.79 Å². The Balaban J connectivity index is 1.77. The fourth-order valence-electron chi connectivity index (χ4n) is 2.54. The molecule has 2 aromatic rings. The van der Waals surface area contributed by atoms with Gasteiger partial charge in [0.2, 0.25) is 5.91 Å². The van der Waals surface area contributed by atoms with Crippen LogP contribution in [0.25, 0.3) is 0 Å². The SMILES string of the molecule is Cc1cccc(OCCC(=O)NC[C@H](c2ccccc2)N(C)C)c1. The number of hydrogen-bond donors (Lipinski definition) is 1. The zero-order valence-corrected chi connectivity index (χ0v) is 14.7. The van der Waals surface area contributed by atoms with Gasteiger partial charge < -0.3 is 15.0 Å². The Hall–Kier alpha value is -2.33. The first-order chi connectivity index (χ1) is 11.6. The molecule has 0 saturated carbocycles. The van der Waals surface area contributed by atoms with Crippen LogP contribution in [0, 0.1) is 6.92 Å². The van der Waals surface area contributed by atoms with Crippen molar-refractivity contribution in [1.82, 2.24) is 10.2 Å². The zero-order chi connectivity index (χ0) is 17.4. The van der Waals surface area contributed by atoms with Crippen LogP contribution >= 0.6 is 0 Å². The van der Waals surface area contributed by atoms with Crippen LogP contribution in [-0.4, -0.2) is 38.1 Å². The van der Waals surface area contributed by atoms with Gasteiger partial charge in [0.25, 0.3) is 0 Å². The minimum absolute atomic E-state index is 0.00503. The molecule has 4 nitrogen and oxygen atoms in total. The van der Waals surface area contributed by atoms with Gasteiger partial charge in [-0.15, -0.1) is 0 Å². The number of aryl methyl sites for hydroxylation is 1. The molecule has 0 aromatic heterocycles. The Morgan fingerprint density at radius 3 is 2.54 bits per heavy atom. The van der Waals surface area contributed by atoms with E-state index in [1.807, 2.05) is 63.5 Å². The number of rotatable bonds is 8. The molecular weight excluding hydrogens is 300 g/mol. The van der Waals surface area contributed by atoms with E-state index in [0.717, 1.165) is 11.3 Å². The summed E-state index contributed by atoms with van der Waals surface area (Å²) in [6, 6.07) is 18.2. The molecule has 0 radical (unpaired) electrons. The molecule has 1 atom stereocenters. The second kappa shape index (κ2) is 9.08. The van der Waals surface area contributed by atoms with Crippen LogP contribution < -0.4 is 10.1 Å². The van der Waals surface area contributed by atoms with Gasteiger partial charge in [-0.1, -0.05) is 42.5 Å². The number of benzene rings is 2. The highest BCUT2D eigenvalue weighted by Crippen LogP contribution is 2.16. The van der Waals surface area contributed by atoms with Gasteiger partial charge in [0.15, 0.2) is 0 Å². The Bertz CT molecular complexity index is 641. The summed E-state index contributed by atoms with van der Waals surface area (Å²) in [6.45, 7) is 2.98. The zero-order valence-electron chi connectivity index (χ0n) is 14.7. The maximum atomic E-state index is 12.0. The predicted octanol–water partition coefficient (Wildman–Crippen LogP) is 3.18. The first-order valence-corrected chi connectivity index (χ1v) is 8.24. The summed E-state index contributed by atoms with van der Waals surface area (Å²) in [5, 5.41) is 3.00. The molecule has 0 aliphatic carbocycles. The van der Waals surface area contributed by atoms with Gasteiger partial charge in [-0.05, 0) is 44.3 Å². The smallest absolute Gasteiger partial charge is 0.223 e. The molecule has 0 aliphatic heterocycles. The summed E-state index contributed by atoms with van der Waals surface area (Å²) in [5.41, 5.74) is 2.34. The molecule has 2 rings (SSSR count). The highest BCUT2D eigenvalue weighted by molar-refractivity contribution is 5.76. The lowest BCUT2D eigenvalue weighted by Crippen LogP contribution is -2.35. The molecule has 0 unspecified atom stereocenters. The van der Waals surface area contributed by atoms with Crippen molar-refractivity contribution < 1.29 is 9.53 Å². The molecular formula is C20H26N2O2. The predicted molar refractivity (Wildman–Crippen MR) is 97.2 cm³/mol. The first-order valence-electron chi connectivity index (χ1n) is 8.24. The molecule has 0 fully saturated rings. The Labute approximate surface area is 144 Å². The number of ether oxygens (including phenoxy) is 1. The summed E-state index contributed by atoms with van der Waals surface area (Å²) in [7, 11) is 4.04. The number of likely N-dealkylation sites (N-methyl/N-ethyl adjacent to an activating group) is 1. The summed E-state index contributed by atoms with van der Waals surface area (Å²) < 4.78 is 5.63. The van der Waals surface area contributed by atoms with E-state index < -0.39 is 0 Å². The quantitative estimate of drug-likeness (QED) is 0.810. The molecule has 0 heterocycles. The average Bonchev–Trinajstić information content (AvgIpc) is 2.56. The molecule has 1 amide bonds. The molecule has 0 aliphatic rings. The number of nitrogens with zero attached hydrogens (tertiary/aromatic N) is 1. The van der Waals surface area contributed by atoms with E-state index in [-0.39, 0.29) is 11.9 Å². The number of hydrogen-bond acceptors (Lipinski definition) is 3. The van der Waals surface area contributed by atoms with E-state index in [0.29, 0.717) is 19.6 Å². The number of carbonyl (C=O) groups is 1. The maximum absolute atomic E-state index is 12.0. The Kier molecular flexibility index (Phi) is 6.82. The van der Waals surface area contributed by atoms with Crippen LogP contribution in [0.3, 0.4) is 0 Å². The summed E-state index contributed by atoms with van der Waals surface area (Å²) in [6.07, 6.45) is 0.350. The Morgan fingerprint density at radius 2 is 1.88 bits per heavy atom. The third kappa shape index (κ3) is 5.70. The van der Waals surface area contributed by atoms with Crippen LogP contribution in [0.2, 0.25) is 0 Å². The van der Waals surface area contributed by atoms with Gasteiger partial charge in [0.1, 0.15) is 5.75 Å².